The largest absolute Gasteiger partial charge is 0.508 e. The van der Waals surface area contributed by atoms with E-state index >= 15 is 0 Å². The molecular weight excluding hydrogens is 360 g/mol. The van der Waals surface area contributed by atoms with Gasteiger partial charge < -0.3 is 10.2 Å². The molecule has 0 aromatic rings. The van der Waals surface area contributed by atoms with Crippen molar-refractivity contribution in [2.45, 2.75) is 126 Å². The Morgan fingerprint density at radius 2 is 0.931 bits per heavy atom. The molecule has 1 rings (SSSR count). The molecule has 0 unspecified atom stereocenters. The second kappa shape index (κ2) is 9.26. The van der Waals surface area contributed by atoms with Crippen LogP contribution in [-0.2, 0) is 0 Å². The minimum Gasteiger partial charge on any atom is -0.508 e. The lowest BCUT2D eigenvalue weighted by atomic mass is 10.0. The van der Waals surface area contributed by atoms with Gasteiger partial charge in [-0.2, -0.15) is 0 Å². The van der Waals surface area contributed by atoms with Gasteiger partial charge in [-0.15, -0.1) is 0 Å². The zero-order chi connectivity index (χ0) is 22.9. The number of rotatable bonds is 8. The van der Waals surface area contributed by atoms with E-state index < -0.39 is 0 Å². The van der Waals surface area contributed by atoms with E-state index in [2.05, 4.69) is 95.2 Å². The summed E-state index contributed by atoms with van der Waals surface area (Å²) < 4.78 is 1.43. The first-order valence-corrected chi connectivity index (χ1v) is 11.5. The van der Waals surface area contributed by atoms with Gasteiger partial charge in [-0.05, 0) is 83.1 Å². The molecule has 0 aromatic carbocycles. The van der Waals surface area contributed by atoms with Crippen LogP contribution in [0.2, 0.25) is 0 Å². The minimum absolute atomic E-state index is 0.0571. The predicted molar refractivity (Wildman–Crippen MR) is 124 cm³/mol. The van der Waals surface area contributed by atoms with Crippen LogP contribution < -0.4 is 0 Å². The highest BCUT2D eigenvalue weighted by atomic mass is 16.3. The second-order valence-electron chi connectivity index (χ2n) is 10.4. The van der Waals surface area contributed by atoms with Crippen LogP contribution in [-0.4, -0.2) is 55.4 Å². The summed E-state index contributed by atoms with van der Waals surface area (Å²) >= 11 is 0. The quantitative estimate of drug-likeness (QED) is 0.446. The molecule has 168 valence electrons. The molecule has 1 aliphatic rings. The van der Waals surface area contributed by atoms with E-state index in [1.807, 2.05) is 0 Å². The third kappa shape index (κ3) is 4.03. The summed E-state index contributed by atoms with van der Waals surface area (Å²) in [5.41, 5.74) is 1.99. The molecule has 4 nitrogen and oxygen atoms in total. The molecule has 0 aromatic heterocycles. The van der Waals surface area contributed by atoms with E-state index in [9.17, 15) is 10.2 Å². The standard InChI is InChI=1S/C25H46N2O2/c1-16(2)26(17(3)4,18(5)6)22-13-14-23(25(29)24(28)15-22)27(19(7)8,20(9)10)21(11)12/h13-14,16-21H,15H2,1-12H3/p+2. The Labute approximate surface area is 180 Å². The number of nitrogens with zero attached hydrogens (tertiary/aromatic N) is 2. The zero-order valence-electron chi connectivity index (χ0n) is 21.1. The summed E-state index contributed by atoms with van der Waals surface area (Å²) in [6.07, 6.45) is 4.66. The molecule has 0 fully saturated rings. The van der Waals surface area contributed by atoms with E-state index in [0.29, 0.717) is 29.0 Å². The van der Waals surface area contributed by atoms with Crippen LogP contribution in [0.3, 0.4) is 0 Å². The fourth-order valence-corrected chi connectivity index (χ4v) is 6.70. The topological polar surface area (TPSA) is 40.5 Å². The molecule has 0 atom stereocenters. The molecule has 1 aliphatic carbocycles. The Morgan fingerprint density at radius 3 is 1.24 bits per heavy atom. The van der Waals surface area contributed by atoms with Crippen LogP contribution >= 0.6 is 0 Å². The third-order valence-corrected chi connectivity index (χ3v) is 7.34. The maximum atomic E-state index is 11.2. The monoisotopic (exact) mass is 408 g/mol. The Balaban J connectivity index is 3.89. The Bertz CT molecular complexity index is 621. The van der Waals surface area contributed by atoms with Gasteiger partial charge >= 0.3 is 0 Å². The number of hydrogen-bond acceptors (Lipinski definition) is 2. The van der Waals surface area contributed by atoms with Crippen molar-refractivity contribution in [3.8, 4) is 0 Å². The maximum absolute atomic E-state index is 11.2. The van der Waals surface area contributed by atoms with Gasteiger partial charge in [0.1, 0.15) is 11.5 Å². The highest BCUT2D eigenvalue weighted by Crippen LogP contribution is 2.41. The fourth-order valence-electron chi connectivity index (χ4n) is 6.70. The van der Waals surface area contributed by atoms with E-state index in [1.165, 1.54) is 5.70 Å². The molecule has 0 saturated heterocycles. The number of allylic oxidation sites excluding steroid dienone is 2. The highest BCUT2D eigenvalue weighted by Gasteiger charge is 2.47. The average Bonchev–Trinajstić information content (AvgIpc) is 2.68. The van der Waals surface area contributed by atoms with E-state index in [1.54, 1.807) is 0 Å². The number of hydrogen-bond donors (Lipinski definition) is 2. The van der Waals surface area contributed by atoms with Gasteiger partial charge in [0.05, 0.1) is 42.7 Å². The molecule has 0 spiro atoms. The van der Waals surface area contributed by atoms with Crippen molar-refractivity contribution in [2.75, 3.05) is 0 Å². The normalized spacial score (nSPS) is 17.2. The molecule has 2 N–H and O–H groups in total. The van der Waals surface area contributed by atoms with Crippen LogP contribution in [0.5, 0.6) is 0 Å². The smallest absolute Gasteiger partial charge is 0.216 e. The summed E-state index contributed by atoms with van der Waals surface area (Å²) in [4.78, 5) is 0. The van der Waals surface area contributed by atoms with Crippen molar-refractivity contribution in [3.05, 3.63) is 35.1 Å². The van der Waals surface area contributed by atoms with Crippen molar-refractivity contribution in [1.82, 2.24) is 0 Å². The first-order chi connectivity index (χ1) is 13.2. The molecule has 0 aliphatic heterocycles. The summed E-state index contributed by atoms with van der Waals surface area (Å²) in [7, 11) is 0. The van der Waals surface area contributed by atoms with Crippen molar-refractivity contribution < 1.29 is 19.2 Å². The van der Waals surface area contributed by atoms with Crippen LogP contribution in [0.4, 0.5) is 0 Å². The molecule has 29 heavy (non-hydrogen) atoms. The van der Waals surface area contributed by atoms with Gasteiger partial charge in [-0.25, -0.2) is 0 Å². The van der Waals surface area contributed by atoms with Gasteiger partial charge in [0.25, 0.3) is 0 Å². The Morgan fingerprint density at radius 1 is 0.586 bits per heavy atom. The maximum Gasteiger partial charge on any atom is 0.216 e. The van der Waals surface area contributed by atoms with E-state index in [0.717, 1.165) is 10.2 Å². The molecule has 4 heteroatoms. The average molecular weight is 409 g/mol. The third-order valence-electron chi connectivity index (χ3n) is 7.34. The van der Waals surface area contributed by atoms with Crippen molar-refractivity contribution in [2.24, 2.45) is 0 Å². The van der Waals surface area contributed by atoms with E-state index in [-0.39, 0.29) is 29.6 Å². The highest BCUT2D eigenvalue weighted by molar-refractivity contribution is 5.32. The van der Waals surface area contributed by atoms with Crippen molar-refractivity contribution in [3.63, 3.8) is 0 Å². The van der Waals surface area contributed by atoms with Crippen LogP contribution in [0.15, 0.2) is 35.1 Å². The van der Waals surface area contributed by atoms with Crippen molar-refractivity contribution in [1.29, 1.82) is 0 Å². The summed E-state index contributed by atoms with van der Waals surface area (Å²) in [5, 5.41) is 22.2. The molecule has 0 heterocycles. The lowest BCUT2D eigenvalue weighted by Crippen LogP contribution is -2.61. The minimum atomic E-state index is 0.0571. The molecule has 0 saturated carbocycles. The van der Waals surface area contributed by atoms with Crippen LogP contribution in [0.1, 0.15) is 89.5 Å². The fraction of sp³-hybridized carbons (Fsp3) is 0.760. The summed E-state index contributed by atoms with van der Waals surface area (Å²) in [6.45, 7) is 26.8. The molecule has 0 radical (unpaired) electrons. The van der Waals surface area contributed by atoms with Gasteiger partial charge in [0.2, 0.25) is 5.76 Å². The first-order valence-electron chi connectivity index (χ1n) is 11.5. The molecule has 0 amide bonds. The Kier molecular flexibility index (Phi) is 8.23. The van der Waals surface area contributed by atoms with Gasteiger partial charge in [0.15, 0.2) is 5.70 Å². The van der Waals surface area contributed by atoms with Gasteiger partial charge in [-0.3, -0.25) is 8.97 Å². The van der Waals surface area contributed by atoms with Gasteiger partial charge in [-0.1, -0.05) is 0 Å². The zero-order valence-corrected chi connectivity index (χ0v) is 21.1. The summed E-state index contributed by atoms with van der Waals surface area (Å²) in [5.74, 6) is 0.149. The first kappa shape index (κ1) is 25.8. The SMILES string of the molecule is CC(C)[N+](C1=CC=C([N+](C(C)C)(C(C)C)C(C)C)C(O)=C(O)C1)(C(C)C)C(C)C. The molecule has 0 bridgehead atoms. The number of aliphatic hydroxyl groups is 2. The summed E-state index contributed by atoms with van der Waals surface area (Å²) in [6, 6.07) is 1.91. The molecular formula is C25H48N2O2+2. The predicted octanol–water partition coefficient (Wildman–Crippen LogP) is 6.57. The Hall–Kier alpha value is -1.26. The lowest BCUT2D eigenvalue weighted by molar-refractivity contribution is -0.952. The lowest BCUT2D eigenvalue weighted by Gasteiger charge is -2.50. The van der Waals surface area contributed by atoms with Crippen LogP contribution in [0.25, 0.3) is 0 Å². The number of aliphatic hydroxyl groups excluding tert-OH is 2. The van der Waals surface area contributed by atoms with E-state index in [4.69, 9.17) is 0 Å². The van der Waals surface area contributed by atoms with Crippen LogP contribution in [0, 0.1) is 0 Å². The number of quaternary nitrogens is 2. The van der Waals surface area contributed by atoms with Gasteiger partial charge in [0, 0.05) is 12.2 Å². The second-order valence-corrected chi connectivity index (χ2v) is 10.4. The van der Waals surface area contributed by atoms with Crippen molar-refractivity contribution >= 4 is 0 Å².